The molecule has 0 aromatic heterocycles. The van der Waals surface area contributed by atoms with E-state index < -0.39 is 0 Å². The molecule has 0 aliphatic carbocycles. The van der Waals surface area contributed by atoms with E-state index in [1.165, 1.54) is 0 Å². The zero-order valence-electron chi connectivity index (χ0n) is 11.0. The molecule has 1 rings (SSSR count). The largest absolute Gasteiger partial charge is 0.376 e. The van der Waals surface area contributed by atoms with Gasteiger partial charge in [0, 0.05) is 11.7 Å². The minimum Gasteiger partial charge on any atom is -0.376 e. The molecule has 1 aromatic carbocycles. The summed E-state index contributed by atoms with van der Waals surface area (Å²) in [6.45, 7) is 4.08. The Balaban J connectivity index is 2.62. The van der Waals surface area contributed by atoms with E-state index in [1.54, 1.807) is 18.2 Å². The summed E-state index contributed by atoms with van der Waals surface area (Å²) in [4.78, 5) is 11.6. The third-order valence-corrected chi connectivity index (χ3v) is 2.73. The van der Waals surface area contributed by atoms with Crippen LogP contribution >= 0.6 is 0 Å². The number of rotatable bonds is 5. The van der Waals surface area contributed by atoms with Gasteiger partial charge in [-0.15, -0.1) is 0 Å². The van der Waals surface area contributed by atoms with Gasteiger partial charge < -0.3 is 10.6 Å². The summed E-state index contributed by atoms with van der Waals surface area (Å²) in [5.74, 6) is -0.0998. The summed E-state index contributed by atoms with van der Waals surface area (Å²) in [6.07, 6.45) is 0.876. The number of hydrogen-bond donors (Lipinski definition) is 2. The molecule has 1 atom stereocenters. The zero-order valence-corrected chi connectivity index (χ0v) is 11.0. The molecule has 0 saturated heterocycles. The van der Waals surface area contributed by atoms with Gasteiger partial charge in [-0.3, -0.25) is 4.79 Å². The Bertz CT molecular complexity index is 539. The van der Waals surface area contributed by atoms with Crippen LogP contribution in [0.5, 0.6) is 0 Å². The molecule has 0 aliphatic rings. The molecule has 0 bridgehead atoms. The van der Waals surface area contributed by atoms with E-state index in [2.05, 4.69) is 10.6 Å². The van der Waals surface area contributed by atoms with E-state index in [4.69, 9.17) is 10.5 Å². The van der Waals surface area contributed by atoms with Gasteiger partial charge in [-0.1, -0.05) is 6.92 Å². The van der Waals surface area contributed by atoms with Crippen LogP contribution in [0.2, 0.25) is 0 Å². The van der Waals surface area contributed by atoms with Crippen LogP contribution in [0.15, 0.2) is 18.2 Å². The van der Waals surface area contributed by atoms with Gasteiger partial charge in [-0.2, -0.15) is 10.5 Å². The maximum absolute atomic E-state index is 11.6. The average Bonchev–Trinajstić information content (AvgIpc) is 2.44. The second-order valence-corrected chi connectivity index (χ2v) is 4.21. The van der Waals surface area contributed by atoms with Crippen LogP contribution in [0, 0.1) is 22.7 Å². The number of nitriles is 2. The van der Waals surface area contributed by atoms with Crippen molar-refractivity contribution in [3.05, 3.63) is 29.3 Å². The fraction of sp³-hybridized carbons (Fsp3) is 0.357. The lowest BCUT2D eigenvalue weighted by molar-refractivity contribution is -0.120. The van der Waals surface area contributed by atoms with E-state index in [1.807, 2.05) is 26.0 Å². The number of carbonyl (C=O) groups is 1. The summed E-state index contributed by atoms with van der Waals surface area (Å²) in [5.41, 5.74) is 1.28. The van der Waals surface area contributed by atoms with E-state index in [9.17, 15) is 4.79 Å². The SMILES string of the molecule is CCC(C)NC(=O)CNc1ccc(C#N)c(C#N)c1. The second kappa shape index (κ2) is 7.03. The lowest BCUT2D eigenvalue weighted by Crippen LogP contribution is -2.36. The normalized spacial score (nSPS) is 10.9. The van der Waals surface area contributed by atoms with Gasteiger partial charge in [-0.25, -0.2) is 0 Å². The highest BCUT2D eigenvalue weighted by Gasteiger charge is 2.06. The molecule has 0 heterocycles. The van der Waals surface area contributed by atoms with Crippen molar-refractivity contribution >= 4 is 11.6 Å². The first-order chi connectivity index (χ1) is 9.10. The number of hydrogen-bond acceptors (Lipinski definition) is 4. The standard InChI is InChI=1S/C14H16N4O/c1-3-10(2)18-14(19)9-17-13-5-4-11(7-15)12(6-13)8-16/h4-6,10,17H,3,9H2,1-2H3,(H,18,19). The quantitative estimate of drug-likeness (QED) is 0.840. The van der Waals surface area contributed by atoms with Gasteiger partial charge in [0.2, 0.25) is 5.91 Å². The summed E-state index contributed by atoms with van der Waals surface area (Å²) in [5, 5.41) is 23.5. The molecule has 0 radical (unpaired) electrons. The molecule has 1 aromatic rings. The summed E-state index contributed by atoms with van der Waals surface area (Å²) >= 11 is 0. The smallest absolute Gasteiger partial charge is 0.239 e. The predicted octanol–water partition coefficient (Wildman–Crippen LogP) is 1.76. The Kier molecular flexibility index (Phi) is 5.37. The molecule has 0 fully saturated rings. The first-order valence-corrected chi connectivity index (χ1v) is 6.08. The number of anilines is 1. The summed E-state index contributed by atoms with van der Waals surface area (Å²) < 4.78 is 0. The number of nitrogens with one attached hydrogen (secondary N) is 2. The van der Waals surface area contributed by atoms with E-state index in [0.29, 0.717) is 16.8 Å². The highest BCUT2D eigenvalue weighted by Crippen LogP contribution is 2.14. The van der Waals surface area contributed by atoms with Crippen molar-refractivity contribution in [2.24, 2.45) is 0 Å². The predicted molar refractivity (Wildman–Crippen MR) is 72.3 cm³/mol. The monoisotopic (exact) mass is 256 g/mol. The van der Waals surface area contributed by atoms with Crippen LogP contribution in [-0.4, -0.2) is 18.5 Å². The Morgan fingerprint density at radius 1 is 1.32 bits per heavy atom. The van der Waals surface area contributed by atoms with E-state index in [-0.39, 0.29) is 18.5 Å². The van der Waals surface area contributed by atoms with Crippen molar-refractivity contribution in [1.82, 2.24) is 5.32 Å². The fourth-order valence-electron chi connectivity index (χ4n) is 1.45. The van der Waals surface area contributed by atoms with Crippen LogP contribution in [0.25, 0.3) is 0 Å². The molecule has 2 N–H and O–H groups in total. The van der Waals surface area contributed by atoms with E-state index in [0.717, 1.165) is 6.42 Å². The molecule has 5 nitrogen and oxygen atoms in total. The molecule has 98 valence electrons. The molecular weight excluding hydrogens is 240 g/mol. The molecule has 1 unspecified atom stereocenters. The number of benzene rings is 1. The van der Waals surface area contributed by atoms with Crippen LogP contribution in [0.1, 0.15) is 31.4 Å². The number of amides is 1. The Morgan fingerprint density at radius 2 is 2.00 bits per heavy atom. The van der Waals surface area contributed by atoms with Crippen molar-refractivity contribution in [2.45, 2.75) is 26.3 Å². The first kappa shape index (κ1) is 14.5. The molecule has 0 saturated carbocycles. The Labute approximate surface area is 112 Å². The Hall–Kier alpha value is -2.53. The summed E-state index contributed by atoms with van der Waals surface area (Å²) in [6, 6.07) is 8.84. The van der Waals surface area contributed by atoms with Gasteiger partial charge in [0.25, 0.3) is 0 Å². The second-order valence-electron chi connectivity index (χ2n) is 4.21. The van der Waals surface area contributed by atoms with Crippen molar-refractivity contribution in [2.75, 3.05) is 11.9 Å². The van der Waals surface area contributed by atoms with Crippen molar-refractivity contribution in [1.29, 1.82) is 10.5 Å². The average molecular weight is 256 g/mol. The topological polar surface area (TPSA) is 88.7 Å². The molecule has 0 aliphatic heterocycles. The van der Waals surface area contributed by atoms with Gasteiger partial charge in [0.15, 0.2) is 0 Å². The fourth-order valence-corrected chi connectivity index (χ4v) is 1.45. The van der Waals surface area contributed by atoms with Gasteiger partial charge in [0.05, 0.1) is 17.7 Å². The third kappa shape index (κ3) is 4.33. The Morgan fingerprint density at radius 3 is 2.58 bits per heavy atom. The van der Waals surface area contributed by atoms with Crippen molar-refractivity contribution in [3.8, 4) is 12.1 Å². The zero-order chi connectivity index (χ0) is 14.3. The third-order valence-electron chi connectivity index (χ3n) is 2.73. The summed E-state index contributed by atoms with van der Waals surface area (Å²) in [7, 11) is 0. The molecule has 1 amide bonds. The van der Waals surface area contributed by atoms with Gasteiger partial charge >= 0.3 is 0 Å². The van der Waals surface area contributed by atoms with Gasteiger partial charge in [-0.05, 0) is 31.5 Å². The van der Waals surface area contributed by atoms with Crippen molar-refractivity contribution < 1.29 is 4.79 Å². The highest BCUT2D eigenvalue weighted by atomic mass is 16.1. The van der Waals surface area contributed by atoms with E-state index >= 15 is 0 Å². The van der Waals surface area contributed by atoms with Crippen LogP contribution in [-0.2, 0) is 4.79 Å². The van der Waals surface area contributed by atoms with Gasteiger partial charge in [0.1, 0.15) is 12.1 Å². The molecule has 19 heavy (non-hydrogen) atoms. The maximum Gasteiger partial charge on any atom is 0.239 e. The lowest BCUT2D eigenvalue weighted by atomic mass is 10.1. The number of nitrogens with zero attached hydrogens (tertiary/aromatic N) is 2. The number of carbonyl (C=O) groups excluding carboxylic acids is 1. The van der Waals surface area contributed by atoms with Crippen LogP contribution in [0.3, 0.4) is 0 Å². The minimum absolute atomic E-state index is 0.0998. The van der Waals surface area contributed by atoms with Crippen LogP contribution < -0.4 is 10.6 Å². The first-order valence-electron chi connectivity index (χ1n) is 6.08. The molecule has 0 spiro atoms. The van der Waals surface area contributed by atoms with Crippen LogP contribution in [0.4, 0.5) is 5.69 Å². The molecular formula is C14H16N4O. The minimum atomic E-state index is -0.0998. The van der Waals surface area contributed by atoms with Crippen molar-refractivity contribution in [3.63, 3.8) is 0 Å². The molecule has 5 heteroatoms. The highest BCUT2D eigenvalue weighted by molar-refractivity contribution is 5.81. The maximum atomic E-state index is 11.6. The lowest BCUT2D eigenvalue weighted by Gasteiger charge is -2.12.